The smallest absolute Gasteiger partial charge is 0.0143 e. The second-order valence-corrected chi connectivity index (χ2v) is 6.30. The zero-order valence-electron chi connectivity index (χ0n) is 12.8. The largest absolute Gasteiger partial charge is 0.0613 e. The maximum Gasteiger partial charge on any atom is -0.0143 e. The van der Waals surface area contributed by atoms with Gasteiger partial charge in [-0.1, -0.05) is 64.1 Å². The molecule has 0 radical (unpaired) electrons. The van der Waals surface area contributed by atoms with Crippen LogP contribution in [0, 0.1) is 0 Å². The molecule has 0 aliphatic carbocycles. The molecule has 0 heterocycles. The van der Waals surface area contributed by atoms with Crippen molar-refractivity contribution >= 4 is 21.5 Å². The Morgan fingerprint density at radius 1 is 0.600 bits per heavy atom. The van der Waals surface area contributed by atoms with E-state index >= 15 is 0 Å². The van der Waals surface area contributed by atoms with Crippen molar-refractivity contribution in [2.24, 2.45) is 0 Å². The molecular formula is C20H22. The molecule has 3 rings (SSSR count). The van der Waals surface area contributed by atoms with Gasteiger partial charge in [0.25, 0.3) is 0 Å². The van der Waals surface area contributed by atoms with Crippen LogP contribution in [0.4, 0.5) is 0 Å². The van der Waals surface area contributed by atoms with Crippen molar-refractivity contribution in [2.45, 2.75) is 39.5 Å². The van der Waals surface area contributed by atoms with Crippen LogP contribution in [0.1, 0.15) is 50.7 Å². The number of hydrogen-bond donors (Lipinski definition) is 0. The fraction of sp³-hybridized carbons (Fsp3) is 0.300. The molecule has 0 saturated carbocycles. The van der Waals surface area contributed by atoms with Gasteiger partial charge in [0.15, 0.2) is 0 Å². The lowest BCUT2D eigenvalue weighted by Crippen LogP contribution is -1.92. The summed E-state index contributed by atoms with van der Waals surface area (Å²) in [5.74, 6) is 1.12. The molecule has 0 amide bonds. The van der Waals surface area contributed by atoms with Gasteiger partial charge in [-0.05, 0) is 56.6 Å². The Morgan fingerprint density at radius 2 is 1.00 bits per heavy atom. The number of rotatable bonds is 2. The molecule has 0 nitrogen and oxygen atoms in total. The summed E-state index contributed by atoms with van der Waals surface area (Å²) in [7, 11) is 0. The Kier molecular flexibility index (Phi) is 3.25. The van der Waals surface area contributed by atoms with Gasteiger partial charge in [0.05, 0.1) is 0 Å². The van der Waals surface area contributed by atoms with E-state index in [1.54, 1.807) is 0 Å². The molecule has 0 aliphatic rings. The van der Waals surface area contributed by atoms with Crippen molar-refractivity contribution < 1.29 is 0 Å². The van der Waals surface area contributed by atoms with Gasteiger partial charge in [-0.25, -0.2) is 0 Å². The molecule has 0 heteroatoms. The summed E-state index contributed by atoms with van der Waals surface area (Å²) in [5, 5.41) is 5.51. The molecule has 0 spiro atoms. The Morgan fingerprint density at radius 3 is 1.35 bits per heavy atom. The topological polar surface area (TPSA) is 0 Å². The summed E-state index contributed by atoms with van der Waals surface area (Å²) in [5.41, 5.74) is 2.89. The van der Waals surface area contributed by atoms with E-state index in [0.29, 0.717) is 11.8 Å². The van der Waals surface area contributed by atoms with Gasteiger partial charge in [-0.15, -0.1) is 0 Å². The van der Waals surface area contributed by atoms with E-state index < -0.39 is 0 Å². The highest BCUT2D eigenvalue weighted by Crippen LogP contribution is 2.32. The Labute approximate surface area is 121 Å². The van der Waals surface area contributed by atoms with Crippen molar-refractivity contribution in [2.75, 3.05) is 0 Å². The van der Waals surface area contributed by atoms with Gasteiger partial charge in [-0.2, -0.15) is 0 Å². The van der Waals surface area contributed by atoms with Gasteiger partial charge in [0.1, 0.15) is 0 Å². The molecule has 20 heavy (non-hydrogen) atoms. The van der Waals surface area contributed by atoms with Gasteiger partial charge in [0.2, 0.25) is 0 Å². The Hall–Kier alpha value is -1.82. The molecule has 0 saturated heterocycles. The minimum atomic E-state index is 0.560. The van der Waals surface area contributed by atoms with E-state index in [1.807, 2.05) is 0 Å². The average Bonchev–Trinajstić information content (AvgIpc) is 2.43. The van der Waals surface area contributed by atoms with Crippen LogP contribution in [-0.2, 0) is 0 Å². The zero-order chi connectivity index (χ0) is 14.3. The van der Waals surface area contributed by atoms with E-state index in [4.69, 9.17) is 0 Å². The van der Waals surface area contributed by atoms with Gasteiger partial charge in [0, 0.05) is 0 Å². The molecule has 102 valence electrons. The third-order valence-corrected chi connectivity index (χ3v) is 4.19. The standard InChI is InChI=1S/C20H22/c1-13(2)17-9-5-7-15-12-20-16(11-19(15)17)8-6-10-18(20)14(3)4/h5-14H,1-4H3. The summed E-state index contributed by atoms with van der Waals surface area (Å²) in [6.07, 6.45) is 0. The monoisotopic (exact) mass is 262 g/mol. The third-order valence-electron chi connectivity index (χ3n) is 4.19. The maximum absolute atomic E-state index is 2.37. The number of fused-ring (bicyclic) bond motifs is 2. The van der Waals surface area contributed by atoms with Crippen LogP contribution in [0.2, 0.25) is 0 Å². The minimum absolute atomic E-state index is 0.560. The average molecular weight is 262 g/mol. The zero-order valence-corrected chi connectivity index (χ0v) is 12.8. The van der Waals surface area contributed by atoms with E-state index in [0.717, 1.165) is 0 Å². The van der Waals surface area contributed by atoms with E-state index in [1.165, 1.54) is 32.7 Å². The van der Waals surface area contributed by atoms with Crippen molar-refractivity contribution in [3.8, 4) is 0 Å². The molecule has 0 atom stereocenters. The van der Waals surface area contributed by atoms with Gasteiger partial charge in [-0.3, -0.25) is 0 Å². The first-order valence-corrected chi connectivity index (χ1v) is 7.53. The summed E-state index contributed by atoms with van der Waals surface area (Å²) in [4.78, 5) is 0. The lowest BCUT2D eigenvalue weighted by molar-refractivity contribution is 0.875. The molecule has 3 aromatic carbocycles. The van der Waals surface area contributed by atoms with Crippen LogP contribution in [0.3, 0.4) is 0 Å². The van der Waals surface area contributed by atoms with E-state index in [-0.39, 0.29) is 0 Å². The molecule has 0 aliphatic heterocycles. The quantitative estimate of drug-likeness (QED) is 0.479. The van der Waals surface area contributed by atoms with Gasteiger partial charge >= 0.3 is 0 Å². The summed E-state index contributed by atoms with van der Waals surface area (Å²) >= 11 is 0. The number of benzene rings is 3. The van der Waals surface area contributed by atoms with Crippen molar-refractivity contribution in [1.29, 1.82) is 0 Å². The first-order valence-electron chi connectivity index (χ1n) is 7.53. The summed E-state index contributed by atoms with van der Waals surface area (Å²) in [6.45, 7) is 9.07. The first kappa shape index (κ1) is 13.2. The lowest BCUT2D eigenvalue weighted by Gasteiger charge is -2.14. The van der Waals surface area contributed by atoms with Crippen LogP contribution in [0.5, 0.6) is 0 Å². The van der Waals surface area contributed by atoms with E-state index in [2.05, 4.69) is 76.2 Å². The highest BCUT2D eigenvalue weighted by molar-refractivity contribution is 6.01. The fourth-order valence-corrected chi connectivity index (χ4v) is 3.11. The molecule has 0 N–H and O–H groups in total. The van der Waals surface area contributed by atoms with Crippen LogP contribution >= 0.6 is 0 Å². The fourth-order valence-electron chi connectivity index (χ4n) is 3.11. The van der Waals surface area contributed by atoms with Crippen LogP contribution in [0.25, 0.3) is 21.5 Å². The Balaban J connectivity index is 2.40. The second-order valence-electron chi connectivity index (χ2n) is 6.30. The normalized spacial score (nSPS) is 11.9. The second kappa shape index (κ2) is 4.94. The molecule has 3 aromatic rings. The first-order chi connectivity index (χ1) is 9.58. The molecule has 0 bridgehead atoms. The molecule has 0 aromatic heterocycles. The lowest BCUT2D eigenvalue weighted by atomic mass is 9.90. The van der Waals surface area contributed by atoms with E-state index in [9.17, 15) is 0 Å². The van der Waals surface area contributed by atoms with Crippen LogP contribution in [0.15, 0.2) is 48.5 Å². The minimum Gasteiger partial charge on any atom is -0.0613 e. The van der Waals surface area contributed by atoms with Crippen LogP contribution in [-0.4, -0.2) is 0 Å². The molecular weight excluding hydrogens is 240 g/mol. The molecule has 0 fully saturated rings. The Bertz CT molecular complexity index is 696. The third kappa shape index (κ3) is 2.10. The maximum atomic E-state index is 2.37. The van der Waals surface area contributed by atoms with Crippen molar-refractivity contribution in [3.05, 3.63) is 59.7 Å². The predicted molar refractivity (Wildman–Crippen MR) is 89.6 cm³/mol. The molecule has 0 unspecified atom stereocenters. The van der Waals surface area contributed by atoms with Crippen molar-refractivity contribution in [3.63, 3.8) is 0 Å². The summed E-state index contributed by atoms with van der Waals surface area (Å²) < 4.78 is 0. The highest BCUT2D eigenvalue weighted by Gasteiger charge is 2.09. The predicted octanol–water partition coefficient (Wildman–Crippen LogP) is 6.24. The van der Waals surface area contributed by atoms with Gasteiger partial charge < -0.3 is 0 Å². The van der Waals surface area contributed by atoms with Crippen molar-refractivity contribution in [1.82, 2.24) is 0 Å². The SMILES string of the molecule is CC(C)c1cccc2cc3c(C(C)C)cccc3cc12. The highest BCUT2D eigenvalue weighted by atomic mass is 14.1. The summed E-state index contributed by atoms with van der Waals surface area (Å²) in [6, 6.07) is 18.1. The number of hydrogen-bond acceptors (Lipinski definition) is 0. The van der Waals surface area contributed by atoms with Crippen LogP contribution < -0.4 is 0 Å².